The van der Waals surface area contributed by atoms with E-state index in [0.717, 1.165) is 26.1 Å². The molecule has 1 saturated heterocycles. The fourth-order valence-electron chi connectivity index (χ4n) is 2.31. The van der Waals surface area contributed by atoms with Gasteiger partial charge in [0.15, 0.2) is 0 Å². The first-order chi connectivity index (χ1) is 7.49. The highest BCUT2D eigenvalue weighted by Gasteiger charge is 2.36. The van der Waals surface area contributed by atoms with E-state index >= 15 is 0 Å². The van der Waals surface area contributed by atoms with Crippen molar-refractivity contribution in [1.82, 2.24) is 4.90 Å². The molecule has 1 fully saturated rings. The summed E-state index contributed by atoms with van der Waals surface area (Å²) in [6.07, 6.45) is 0.991. The zero-order chi connectivity index (χ0) is 12.2. The molecule has 0 spiro atoms. The van der Waals surface area contributed by atoms with Crippen molar-refractivity contribution in [2.24, 2.45) is 11.3 Å². The third-order valence-electron chi connectivity index (χ3n) is 3.39. The smallest absolute Gasteiger partial charge is 0.0557 e. The van der Waals surface area contributed by atoms with Gasteiger partial charge in [0.2, 0.25) is 0 Å². The van der Waals surface area contributed by atoms with Crippen LogP contribution in [0.5, 0.6) is 0 Å². The van der Waals surface area contributed by atoms with Gasteiger partial charge in [-0.25, -0.2) is 0 Å². The fourth-order valence-corrected chi connectivity index (χ4v) is 2.31. The van der Waals surface area contributed by atoms with Crippen molar-refractivity contribution in [2.45, 2.75) is 40.2 Å². The monoisotopic (exact) mass is 229 g/mol. The maximum atomic E-state index is 9.57. The molecule has 1 N–H and O–H groups in total. The van der Waals surface area contributed by atoms with Crippen LogP contribution in [0.4, 0.5) is 0 Å². The molecule has 0 amide bonds. The Morgan fingerprint density at radius 2 is 2.00 bits per heavy atom. The molecule has 1 heterocycles. The molecule has 0 radical (unpaired) electrons. The molecule has 3 heteroatoms. The van der Waals surface area contributed by atoms with Gasteiger partial charge >= 0.3 is 0 Å². The average molecular weight is 229 g/mol. The Balaban J connectivity index is 2.58. The van der Waals surface area contributed by atoms with Crippen LogP contribution in [0.25, 0.3) is 0 Å². The van der Waals surface area contributed by atoms with Gasteiger partial charge in [0.05, 0.1) is 13.2 Å². The van der Waals surface area contributed by atoms with Crippen molar-refractivity contribution in [3.05, 3.63) is 0 Å². The molecule has 1 aliphatic rings. The van der Waals surface area contributed by atoms with E-state index in [4.69, 9.17) is 4.74 Å². The van der Waals surface area contributed by atoms with Crippen LogP contribution in [0.1, 0.15) is 34.1 Å². The minimum atomic E-state index is -0.0147. The maximum Gasteiger partial charge on any atom is 0.0557 e. The van der Waals surface area contributed by atoms with Crippen molar-refractivity contribution < 1.29 is 9.84 Å². The largest absolute Gasteiger partial charge is 0.396 e. The van der Waals surface area contributed by atoms with Gasteiger partial charge in [0.1, 0.15) is 0 Å². The maximum absolute atomic E-state index is 9.57. The summed E-state index contributed by atoms with van der Waals surface area (Å²) in [5.41, 5.74) is -0.0147. The number of hydrogen-bond donors (Lipinski definition) is 1. The molecule has 16 heavy (non-hydrogen) atoms. The van der Waals surface area contributed by atoms with E-state index in [-0.39, 0.29) is 12.0 Å². The average Bonchev–Trinajstić information content (AvgIpc) is 2.65. The summed E-state index contributed by atoms with van der Waals surface area (Å²) in [5.74, 6) is 0.667. The van der Waals surface area contributed by atoms with Crippen molar-refractivity contribution in [2.75, 3.05) is 32.9 Å². The van der Waals surface area contributed by atoms with Crippen LogP contribution in [-0.2, 0) is 4.74 Å². The number of aliphatic hydroxyl groups excluding tert-OH is 1. The second kappa shape index (κ2) is 5.99. The van der Waals surface area contributed by atoms with Crippen molar-refractivity contribution in [1.29, 1.82) is 0 Å². The molecule has 1 aliphatic heterocycles. The summed E-state index contributed by atoms with van der Waals surface area (Å²) >= 11 is 0. The van der Waals surface area contributed by atoms with Gasteiger partial charge in [0, 0.05) is 31.2 Å². The molecule has 0 aliphatic carbocycles. The lowest BCUT2D eigenvalue weighted by molar-refractivity contribution is 0.0419. The first-order valence-corrected chi connectivity index (χ1v) is 6.42. The van der Waals surface area contributed by atoms with Gasteiger partial charge in [-0.05, 0) is 26.2 Å². The first kappa shape index (κ1) is 13.9. The predicted octanol–water partition coefficient (Wildman–Crippen LogP) is 1.75. The standard InChI is InChI=1S/C13H27NO2/c1-11(2)7-14(12(3)4)8-13(9-15)5-6-16-10-13/h11-12,15H,5-10H2,1-4H3. The summed E-state index contributed by atoms with van der Waals surface area (Å²) in [6, 6.07) is 0.534. The van der Waals surface area contributed by atoms with Crippen molar-refractivity contribution in [3.63, 3.8) is 0 Å². The van der Waals surface area contributed by atoms with Gasteiger partial charge in [-0.15, -0.1) is 0 Å². The molecular weight excluding hydrogens is 202 g/mol. The van der Waals surface area contributed by atoms with Gasteiger partial charge in [-0.1, -0.05) is 13.8 Å². The zero-order valence-electron chi connectivity index (χ0n) is 11.2. The molecule has 0 aromatic heterocycles. The summed E-state index contributed by atoms with van der Waals surface area (Å²) in [6.45, 7) is 12.7. The number of hydrogen-bond acceptors (Lipinski definition) is 3. The molecule has 1 rings (SSSR count). The third-order valence-corrected chi connectivity index (χ3v) is 3.39. The van der Waals surface area contributed by atoms with E-state index in [1.807, 2.05) is 0 Å². The van der Waals surface area contributed by atoms with Gasteiger partial charge in [-0.3, -0.25) is 4.90 Å². The Hall–Kier alpha value is -0.120. The molecule has 0 aromatic carbocycles. The molecule has 1 unspecified atom stereocenters. The molecule has 0 saturated carbocycles. The number of rotatable bonds is 6. The Labute approximate surface area is 99.8 Å². The lowest BCUT2D eigenvalue weighted by Gasteiger charge is -2.36. The Morgan fingerprint density at radius 3 is 2.38 bits per heavy atom. The Morgan fingerprint density at radius 1 is 1.31 bits per heavy atom. The lowest BCUT2D eigenvalue weighted by atomic mass is 9.87. The normalized spacial score (nSPS) is 26.2. The number of nitrogens with zero attached hydrogens (tertiary/aromatic N) is 1. The molecule has 0 aromatic rings. The van der Waals surface area contributed by atoms with Gasteiger partial charge in [0.25, 0.3) is 0 Å². The quantitative estimate of drug-likeness (QED) is 0.753. The number of aliphatic hydroxyl groups is 1. The highest BCUT2D eigenvalue weighted by atomic mass is 16.5. The van der Waals surface area contributed by atoms with E-state index in [2.05, 4.69) is 32.6 Å². The Kier molecular flexibility index (Phi) is 5.22. The molecule has 1 atom stereocenters. The zero-order valence-corrected chi connectivity index (χ0v) is 11.2. The van der Waals surface area contributed by atoms with Crippen LogP contribution in [0.3, 0.4) is 0 Å². The minimum absolute atomic E-state index is 0.0147. The lowest BCUT2D eigenvalue weighted by Crippen LogP contribution is -2.45. The summed E-state index contributed by atoms with van der Waals surface area (Å²) in [5, 5.41) is 9.57. The summed E-state index contributed by atoms with van der Waals surface area (Å²) in [7, 11) is 0. The summed E-state index contributed by atoms with van der Waals surface area (Å²) < 4.78 is 5.45. The third kappa shape index (κ3) is 3.72. The predicted molar refractivity (Wildman–Crippen MR) is 66.5 cm³/mol. The highest BCUT2D eigenvalue weighted by molar-refractivity contribution is 4.87. The van der Waals surface area contributed by atoms with E-state index in [9.17, 15) is 5.11 Å². The van der Waals surface area contributed by atoms with Crippen molar-refractivity contribution in [3.8, 4) is 0 Å². The second-order valence-corrected chi connectivity index (χ2v) is 5.88. The molecule has 96 valence electrons. The van der Waals surface area contributed by atoms with E-state index in [1.165, 1.54) is 0 Å². The highest BCUT2D eigenvalue weighted by Crippen LogP contribution is 2.30. The molecule has 3 nitrogen and oxygen atoms in total. The topological polar surface area (TPSA) is 32.7 Å². The van der Waals surface area contributed by atoms with Crippen LogP contribution in [0.15, 0.2) is 0 Å². The SMILES string of the molecule is CC(C)CN(CC1(CO)CCOC1)C(C)C. The van der Waals surface area contributed by atoms with E-state index in [0.29, 0.717) is 18.6 Å². The van der Waals surface area contributed by atoms with Gasteiger partial charge < -0.3 is 9.84 Å². The molecular formula is C13H27NO2. The second-order valence-electron chi connectivity index (χ2n) is 5.88. The summed E-state index contributed by atoms with van der Waals surface area (Å²) in [4.78, 5) is 2.47. The van der Waals surface area contributed by atoms with E-state index in [1.54, 1.807) is 0 Å². The Bertz CT molecular complexity index is 198. The van der Waals surface area contributed by atoms with Crippen LogP contribution in [0.2, 0.25) is 0 Å². The van der Waals surface area contributed by atoms with E-state index < -0.39 is 0 Å². The van der Waals surface area contributed by atoms with Crippen LogP contribution >= 0.6 is 0 Å². The van der Waals surface area contributed by atoms with Crippen LogP contribution in [-0.4, -0.2) is 49.0 Å². The van der Waals surface area contributed by atoms with Gasteiger partial charge in [-0.2, -0.15) is 0 Å². The minimum Gasteiger partial charge on any atom is -0.396 e. The van der Waals surface area contributed by atoms with Crippen LogP contribution < -0.4 is 0 Å². The van der Waals surface area contributed by atoms with Crippen molar-refractivity contribution >= 4 is 0 Å². The molecule has 0 bridgehead atoms. The fraction of sp³-hybridized carbons (Fsp3) is 1.00. The van der Waals surface area contributed by atoms with Crippen LogP contribution in [0, 0.1) is 11.3 Å². The first-order valence-electron chi connectivity index (χ1n) is 6.42. The number of ether oxygens (including phenoxy) is 1.